The minimum atomic E-state index is -2.84. The third kappa shape index (κ3) is 4.51. The minimum Gasteiger partial charge on any atom is -0.314 e. The molecule has 1 aliphatic carbocycles. The van der Waals surface area contributed by atoms with E-state index in [0.717, 1.165) is 32.2 Å². The molecule has 0 aromatic heterocycles. The molecule has 15 heavy (non-hydrogen) atoms. The summed E-state index contributed by atoms with van der Waals surface area (Å²) in [5, 5.41) is 3.34. The van der Waals surface area contributed by atoms with E-state index in [9.17, 15) is 8.42 Å². The lowest BCUT2D eigenvalue weighted by atomic mass is 9.94. The highest BCUT2D eigenvalue weighted by molar-refractivity contribution is 7.91. The van der Waals surface area contributed by atoms with Crippen molar-refractivity contribution < 1.29 is 8.42 Å². The summed E-state index contributed by atoms with van der Waals surface area (Å²) in [6.07, 6.45) is 5.17. The Labute approximate surface area is 93.6 Å². The van der Waals surface area contributed by atoms with Crippen LogP contribution < -0.4 is 5.32 Å². The summed E-state index contributed by atoms with van der Waals surface area (Å²) in [7, 11) is -2.84. The van der Waals surface area contributed by atoms with E-state index in [2.05, 4.69) is 19.2 Å². The summed E-state index contributed by atoms with van der Waals surface area (Å²) in [6.45, 7) is 5.33. The Morgan fingerprint density at radius 1 is 1.33 bits per heavy atom. The Hall–Kier alpha value is -0.0900. The summed E-state index contributed by atoms with van der Waals surface area (Å²) in [4.78, 5) is 0. The van der Waals surface area contributed by atoms with Gasteiger partial charge in [-0.25, -0.2) is 8.42 Å². The van der Waals surface area contributed by atoms with Gasteiger partial charge in [-0.15, -0.1) is 0 Å². The monoisotopic (exact) mass is 233 g/mol. The third-order valence-corrected chi connectivity index (χ3v) is 4.69. The van der Waals surface area contributed by atoms with Crippen LogP contribution in [0.4, 0.5) is 0 Å². The van der Waals surface area contributed by atoms with Gasteiger partial charge in [0.1, 0.15) is 9.84 Å². The lowest BCUT2D eigenvalue weighted by molar-refractivity contribution is 0.357. The van der Waals surface area contributed by atoms with Gasteiger partial charge in [0.25, 0.3) is 0 Å². The Morgan fingerprint density at radius 3 is 2.53 bits per heavy atom. The highest BCUT2D eigenvalue weighted by Gasteiger charge is 2.28. The fraction of sp³-hybridized carbons (Fsp3) is 1.00. The van der Waals surface area contributed by atoms with Crippen LogP contribution in [0.2, 0.25) is 0 Å². The molecule has 1 rings (SSSR count). The summed E-state index contributed by atoms with van der Waals surface area (Å²) in [6, 6.07) is 0.404. The molecule has 0 saturated heterocycles. The van der Waals surface area contributed by atoms with Gasteiger partial charge < -0.3 is 5.32 Å². The fourth-order valence-electron chi connectivity index (χ4n) is 2.12. The maximum atomic E-state index is 11.4. The van der Waals surface area contributed by atoms with Crippen molar-refractivity contribution in [1.82, 2.24) is 5.32 Å². The molecule has 2 unspecified atom stereocenters. The van der Waals surface area contributed by atoms with Crippen molar-refractivity contribution in [2.75, 3.05) is 12.8 Å². The molecular weight excluding hydrogens is 210 g/mol. The molecule has 0 amide bonds. The minimum absolute atomic E-state index is 0.115. The second-order valence-electron chi connectivity index (χ2n) is 5.12. The zero-order chi connectivity index (χ0) is 11.5. The number of hydrogen-bond acceptors (Lipinski definition) is 3. The molecule has 0 aromatic carbocycles. The Morgan fingerprint density at radius 2 is 2.00 bits per heavy atom. The number of nitrogens with one attached hydrogen (secondary N) is 1. The van der Waals surface area contributed by atoms with Crippen molar-refractivity contribution in [1.29, 1.82) is 0 Å². The highest BCUT2D eigenvalue weighted by Crippen LogP contribution is 2.23. The molecule has 2 atom stereocenters. The third-order valence-electron chi connectivity index (χ3n) is 3.05. The van der Waals surface area contributed by atoms with Crippen LogP contribution >= 0.6 is 0 Å². The van der Waals surface area contributed by atoms with Gasteiger partial charge in [0.05, 0.1) is 5.25 Å². The Balaban J connectivity index is 2.43. The molecule has 0 radical (unpaired) electrons. The molecule has 0 spiro atoms. The van der Waals surface area contributed by atoms with Crippen LogP contribution in [-0.4, -0.2) is 32.5 Å². The second kappa shape index (κ2) is 5.30. The average molecular weight is 233 g/mol. The van der Waals surface area contributed by atoms with Crippen LogP contribution in [0.3, 0.4) is 0 Å². The smallest absolute Gasteiger partial charge is 0.150 e. The SMILES string of the molecule is CC(C)CNC1CCCC(S(C)(=O)=O)C1. The molecule has 0 aliphatic heterocycles. The Kier molecular flexibility index (Phi) is 4.59. The summed E-state index contributed by atoms with van der Waals surface area (Å²) >= 11 is 0. The molecule has 90 valence electrons. The number of rotatable bonds is 4. The lowest BCUT2D eigenvalue weighted by Gasteiger charge is -2.29. The zero-order valence-electron chi connectivity index (χ0n) is 9.99. The topological polar surface area (TPSA) is 46.2 Å². The van der Waals surface area contributed by atoms with E-state index < -0.39 is 9.84 Å². The first-order chi connectivity index (χ1) is 6.89. The van der Waals surface area contributed by atoms with Crippen molar-refractivity contribution in [3.8, 4) is 0 Å². The van der Waals surface area contributed by atoms with Crippen molar-refractivity contribution in [3.63, 3.8) is 0 Å². The molecule has 1 fully saturated rings. The first-order valence-corrected chi connectivity index (χ1v) is 7.77. The van der Waals surface area contributed by atoms with E-state index in [1.807, 2.05) is 0 Å². The van der Waals surface area contributed by atoms with Crippen molar-refractivity contribution >= 4 is 9.84 Å². The maximum absolute atomic E-state index is 11.4. The van der Waals surface area contributed by atoms with Crippen LogP contribution in [0.5, 0.6) is 0 Å². The molecule has 1 saturated carbocycles. The van der Waals surface area contributed by atoms with Gasteiger partial charge in [-0.3, -0.25) is 0 Å². The van der Waals surface area contributed by atoms with Gasteiger partial charge in [-0.05, 0) is 31.7 Å². The summed E-state index contributed by atoms with van der Waals surface area (Å²) < 4.78 is 22.9. The molecule has 0 bridgehead atoms. The maximum Gasteiger partial charge on any atom is 0.150 e. The fourth-order valence-corrected chi connectivity index (χ4v) is 3.30. The zero-order valence-corrected chi connectivity index (χ0v) is 10.8. The molecule has 3 nitrogen and oxygen atoms in total. The molecule has 1 aliphatic rings. The van der Waals surface area contributed by atoms with E-state index in [1.165, 1.54) is 6.26 Å². The van der Waals surface area contributed by atoms with Crippen LogP contribution in [0, 0.1) is 5.92 Å². The standard InChI is InChI=1S/C11H23NO2S/c1-9(2)8-12-10-5-4-6-11(7-10)15(3,13)14/h9-12H,4-8H2,1-3H3. The summed E-state index contributed by atoms with van der Waals surface area (Å²) in [5.41, 5.74) is 0. The van der Waals surface area contributed by atoms with E-state index in [-0.39, 0.29) is 5.25 Å². The predicted molar refractivity (Wildman–Crippen MR) is 63.7 cm³/mol. The largest absolute Gasteiger partial charge is 0.314 e. The lowest BCUT2D eigenvalue weighted by Crippen LogP contribution is -2.40. The van der Waals surface area contributed by atoms with Crippen molar-refractivity contribution in [2.24, 2.45) is 5.92 Å². The van der Waals surface area contributed by atoms with E-state index in [0.29, 0.717) is 12.0 Å². The van der Waals surface area contributed by atoms with Gasteiger partial charge in [-0.2, -0.15) is 0 Å². The van der Waals surface area contributed by atoms with E-state index in [1.54, 1.807) is 0 Å². The van der Waals surface area contributed by atoms with Gasteiger partial charge >= 0.3 is 0 Å². The molecule has 0 aromatic rings. The van der Waals surface area contributed by atoms with Gasteiger partial charge in [0, 0.05) is 12.3 Å². The molecule has 1 N–H and O–H groups in total. The van der Waals surface area contributed by atoms with Crippen molar-refractivity contribution in [2.45, 2.75) is 50.8 Å². The number of sulfone groups is 1. The van der Waals surface area contributed by atoms with Crippen molar-refractivity contribution in [3.05, 3.63) is 0 Å². The number of hydrogen-bond donors (Lipinski definition) is 1. The predicted octanol–water partition coefficient (Wildman–Crippen LogP) is 1.59. The van der Waals surface area contributed by atoms with Gasteiger partial charge in [-0.1, -0.05) is 20.3 Å². The normalized spacial score (nSPS) is 28.3. The van der Waals surface area contributed by atoms with Gasteiger partial charge in [0.15, 0.2) is 0 Å². The van der Waals surface area contributed by atoms with E-state index in [4.69, 9.17) is 0 Å². The van der Waals surface area contributed by atoms with E-state index >= 15 is 0 Å². The second-order valence-corrected chi connectivity index (χ2v) is 7.44. The van der Waals surface area contributed by atoms with Gasteiger partial charge in [0.2, 0.25) is 0 Å². The molecular formula is C11H23NO2S. The molecule has 0 heterocycles. The van der Waals surface area contributed by atoms with Crippen LogP contribution in [-0.2, 0) is 9.84 Å². The molecule has 4 heteroatoms. The van der Waals surface area contributed by atoms with Crippen LogP contribution in [0.25, 0.3) is 0 Å². The van der Waals surface area contributed by atoms with Crippen LogP contribution in [0.1, 0.15) is 39.5 Å². The van der Waals surface area contributed by atoms with Crippen LogP contribution in [0.15, 0.2) is 0 Å². The Bertz CT molecular complexity index is 285. The summed E-state index contributed by atoms with van der Waals surface area (Å²) in [5.74, 6) is 0.628. The first kappa shape index (κ1) is 13.0. The average Bonchev–Trinajstić information content (AvgIpc) is 2.14. The highest BCUT2D eigenvalue weighted by atomic mass is 32.2. The quantitative estimate of drug-likeness (QED) is 0.802. The first-order valence-electron chi connectivity index (χ1n) is 5.82.